The second-order valence-electron chi connectivity index (χ2n) is 5.74. The number of amides is 1. The first-order chi connectivity index (χ1) is 12.7. The van der Waals surface area contributed by atoms with Gasteiger partial charge in [0.05, 0.1) is 18.7 Å². The SMILES string of the molecule is CCOc1ncccc1CNC(=O)Cc1nc(-c2ccccc2)oc1C. The monoisotopic (exact) mass is 351 g/mol. The average molecular weight is 351 g/mol. The zero-order valence-electron chi connectivity index (χ0n) is 14.9. The van der Waals surface area contributed by atoms with Gasteiger partial charge in [-0.2, -0.15) is 0 Å². The standard InChI is InChI=1S/C20H21N3O3/c1-3-25-19-16(10-7-11-21-19)13-22-18(24)12-17-14(2)26-20(23-17)15-8-5-4-6-9-15/h4-11H,3,12-13H2,1-2H3,(H,22,24). The molecular formula is C20H21N3O3. The molecule has 2 heterocycles. The first kappa shape index (κ1) is 17.7. The van der Waals surface area contributed by atoms with Gasteiger partial charge in [0.15, 0.2) is 0 Å². The van der Waals surface area contributed by atoms with Crippen LogP contribution in [0.15, 0.2) is 53.1 Å². The third kappa shape index (κ3) is 4.27. The number of carbonyl (C=O) groups excluding carboxylic acids is 1. The number of oxazole rings is 1. The number of aromatic nitrogens is 2. The number of ether oxygens (including phenoxy) is 1. The van der Waals surface area contributed by atoms with Gasteiger partial charge in [-0.25, -0.2) is 9.97 Å². The Morgan fingerprint density at radius 3 is 2.77 bits per heavy atom. The average Bonchev–Trinajstić information content (AvgIpc) is 3.02. The fourth-order valence-electron chi connectivity index (χ4n) is 2.53. The van der Waals surface area contributed by atoms with Crippen LogP contribution >= 0.6 is 0 Å². The molecule has 0 aliphatic rings. The Labute approximate surface area is 152 Å². The molecule has 3 rings (SSSR count). The van der Waals surface area contributed by atoms with Crippen molar-refractivity contribution in [3.63, 3.8) is 0 Å². The van der Waals surface area contributed by atoms with E-state index in [2.05, 4.69) is 15.3 Å². The van der Waals surface area contributed by atoms with Crippen LogP contribution < -0.4 is 10.1 Å². The van der Waals surface area contributed by atoms with Crippen LogP contribution in [0.4, 0.5) is 0 Å². The third-order valence-corrected chi connectivity index (χ3v) is 3.85. The number of benzene rings is 1. The maximum absolute atomic E-state index is 12.3. The van der Waals surface area contributed by atoms with Crippen molar-refractivity contribution in [2.75, 3.05) is 6.61 Å². The van der Waals surface area contributed by atoms with E-state index in [1.54, 1.807) is 6.20 Å². The number of hydrogen-bond donors (Lipinski definition) is 1. The number of carbonyl (C=O) groups is 1. The van der Waals surface area contributed by atoms with E-state index in [0.717, 1.165) is 11.1 Å². The Balaban J connectivity index is 1.63. The molecule has 2 aromatic heterocycles. The van der Waals surface area contributed by atoms with Crippen molar-refractivity contribution in [1.29, 1.82) is 0 Å². The van der Waals surface area contributed by atoms with E-state index in [1.807, 2.05) is 56.3 Å². The van der Waals surface area contributed by atoms with E-state index < -0.39 is 0 Å². The maximum atomic E-state index is 12.3. The molecule has 0 unspecified atom stereocenters. The first-order valence-electron chi connectivity index (χ1n) is 8.52. The highest BCUT2D eigenvalue weighted by Gasteiger charge is 2.15. The minimum absolute atomic E-state index is 0.132. The van der Waals surface area contributed by atoms with Gasteiger partial charge in [-0.15, -0.1) is 0 Å². The van der Waals surface area contributed by atoms with Crippen LogP contribution in [-0.4, -0.2) is 22.5 Å². The highest BCUT2D eigenvalue weighted by atomic mass is 16.5. The Hall–Kier alpha value is -3.15. The van der Waals surface area contributed by atoms with Gasteiger partial charge in [-0.3, -0.25) is 4.79 Å². The number of pyridine rings is 1. The topological polar surface area (TPSA) is 77.2 Å². The van der Waals surface area contributed by atoms with Crippen LogP contribution in [-0.2, 0) is 17.8 Å². The lowest BCUT2D eigenvalue weighted by atomic mass is 10.2. The summed E-state index contributed by atoms with van der Waals surface area (Å²) in [6.45, 7) is 4.59. The molecule has 0 saturated carbocycles. The molecule has 134 valence electrons. The zero-order valence-corrected chi connectivity index (χ0v) is 14.9. The van der Waals surface area contributed by atoms with E-state index in [0.29, 0.717) is 36.4 Å². The molecule has 1 amide bonds. The Morgan fingerprint density at radius 2 is 2.00 bits per heavy atom. The van der Waals surface area contributed by atoms with Gasteiger partial charge >= 0.3 is 0 Å². The normalized spacial score (nSPS) is 10.5. The minimum atomic E-state index is -0.132. The van der Waals surface area contributed by atoms with Crippen LogP contribution in [0.3, 0.4) is 0 Å². The van der Waals surface area contributed by atoms with Gasteiger partial charge in [-0.1, -0.05) is 24.3 Å². The summed E-state index contributed by atoms with van der Waals surface area (Å²) in [5.41, 5.74) is 2.36. The summed E-state index contributed by atoms with van der Waals surface area (Å²) < 4.78 is 11.2. The van der Waals surface area contributed by atoms with E-state index in [4.69, 9.17) is 9.15 Å². The van der Waals surface area contributed by atoms with Crippen molar-refractivity contribution in [3.05, 3.63) is 65.7 Å². The molecule has 6 heteroatoms. The lowest BCUT2D eigenvalue weighted by molar-refractivity contribution is -0.120. The molecule has 0 atom stereocenters. The van der Waals surface area contributed by atoms with Gasteiger partial charge in [-0.05, 0) is 32.0 Å². The van der Waals surface area contributed by atoms with E-state index in [9.17, 15) is 4.79 Å². The van der Waals surface area contributed by atoms with Crippen LogP contribution in [0.1, 0.15) is 23.9 Å². The fourth-order valence-corrected chi connectivity index (χ4v) is 2.53. The number of nitrogens with zero attached hydrogens (tertiary/aromatic N) is 2. The Kier molecular flexibility index (Phi) is 5.63. The van der Waals surface area contributed by atoms with E-state index >= 15 is 0 Å². The van der Waals surface area contributed by atoms with Crippen molar-refractivity contribution in [2.24, 2.45) is 0 Å². The van der Waals surface area contributed by atoms with E-state index in [1.165, 1.54) is 0 Å². The molecule has 0 aliphatic heterocycles. The number of aryl methyl sites for hydroxylation is 1. The van der Waals surface area contributed by atoms with Gasteiger partial charge in [0.25, 0.3) is 0 Å². The zero-order chi connectivity index (χ0) is 18.4. The molecule has 1 N–H and O–H groups in total. The number of rotatable bonds is 7. The molecule has 0 spiro atoms. The fraction of sp³-hybridized carbons (Fsp3) is 0.250. The minimum Gasteiger partial charge on any atom is -0.478 e. The summed E-state index contributed by atoms with van der Waals surface area (Å²) in [5.74, 6) is 1.58. The van der Waals surface area contributed by atoms with Gasteiger partial charge in [0, 0.05) is 23.9 Å². The molecule has 6 nitrogen and oxygen atoms in total. The first-order valence-corrected chi connectivity index (χ1v) is 8.52. The smallest absolute Gasteiger partial charge is 0.226 e. The number of hydrogen-bond acceptors (Lipinski definition) is 5. The van der Waals surface area contributed by atoms with Gasteiger partial charge in [0.2, 0.25) is 17.7 Å². The van der Waals surface area contributed by atoms with E-state index in [-0.39, 0.29) is 12.3 Å². The summed E-state index contributed by atoms with van der Waals surface area (Å²) in [5, 5.41) is 2.88. The summed E-state index contributed by atoms with van der Waals surface area (Å²) in [6, 6.07) is 13.3. The summed E-state index contributed by atoms with van der Waals surface area (Å²) >= 11 is 0. The number of nitrogens with one attached hydrogen (secondary N) is 1. The molecule has 0 aliphatic carbocycles. The molecule has 0 saturated heterocycles. The van der Waals surface area contributed by atoms with Crippen molar-refractivity contribution in [3.8, 4) is 17.3 Å². The van der Waals surface area contributed by atoms with Crippen LogP contribution in [0.25, 0.3) is 11.5 Å². The van der Waals surface area contributed by atoms with Crippen LogP contribution in [0.5, 0.6) is 5.88 Å². The molecule has 0 bridgehead atoms. The molecule has 3 aromatic rings. The van der Waals surface area contributed by atoms with Crippen molar-refractivity contribution in [1.82, 2.24) is 15.3 Å². The van der Waals surface area contributed by atoms with Crippen molar-refractivity contribution < 1.29 is 13.9 Å². The second kappa shape index (κ2) is 8.29. The van der Waals surface area contributed by atoms with Crippen molar-refractivity contribution >= 4 is 5.91 Å². The summed E-state index contributed by atoms with van der Waals surface area (Å²) in [6.07, 6.45) is 1.83. The largest absolute Gasteiger partial charge is 0.478 e. The lowest BCUT2D eigenvalue weighted by Crippen LogP contribution is -2.25. The molecule has 26 heavy (non-hydrogen) atoms. The molecule has 1 aromatic carbocycles. The maximum Gasteiger partial charge on any atom is 0.226 e. The second-order valence-corrected chi connectivity index (χ2v) is 5.74. The molecule has 0 fully saturated rings. The quantitative estimate of drug-likeness (QED) is 0.707. The lowest BCUT2D eigenvalue weighted by Gasteiger charge is -2.09. The van der Waals surface area contributed by atoms with Crippen LogP contribution in [0.2, 0.25) is 0 Å². The predicted molar refractivity (Wildman–Crippen MR) is 97.6 cm³/mol. The van der Waals surface area contributed by atoms with Crippen molar-refractivity contribution in [2.45, 2.75) is 26.8 Å². The molecule has 0 radical (unpaired) electrons. The Bertz CT molecular complexity index is 875. The molecular weight excluding hydrogens is 330 g/mol. The summed E-state index contributed by atoms with van der Waals surface area (Å²) in [4.78, 5) is 20.9. The highest BCUT2D eigenvalue weighted by Crippen LogP contribution is 2.21. The van der Waals surface area contributed by atoms with Gasteiger partial charge in [0.1, 0.15) is 5.76 Å². The van der Waals surface area contributed by atoms with Gasteiger partial charge < -0.3 is 14.5 Å². The highest BCUT2D eigenvalue weighted by molar-refractivity contribution is 5.78. The third-order valence-electron chi connectivity index (χ3n) is 3.85. The Morgan fingerprint density at radius 1 is 1.19 bits per heavy atom. The van der Waals surface area contributed by atoms with Crippen LogP contribution in [0, 0.1) is 6.92 Å². The summed E-state index contributed by atoms with van der Waals surface area (Å²) in [7, 11) is 0. The predicted octanol–water partition coefficient (Wildman–Crippen LogP) is 3.30.